The monoisotopic (exact) mass is 417 g/mol. The molecule has 0 aliphatic rings. The molecule has 2 aromatic heterocycles. The Labute approximate surface area is 178 Å². The molecule has 158 valence electrons. The lowest BCUT2D eigenvalue weighted by Crippen LogP contribution is -2.42. The molecule has 2 heterocycles. The van der Waals surface area contributed by atoms with E-state index in [4.69, 9.17) is 0 Å². The summed E-state index contributed by atoms with van der Waals surface area (Å²) < 4.78 is 4.05. The Morgan fingerprint density at radius 2 is 1.58 bits per heavy atom. The van der Waals surface area contributed by atoms with E-state index in [2.05, 4.69) is 10.4 Å². The van der Waals surface area contributed by atoms with Crippen molar-refractivity contribution in [2.24, 2.45) is 0 Å². The molecule has 1 N–H and O–H groups in total. The van der Waals surface area contributed by atoms with Crippen molar-refractivity contribution in [3.8, 4) is 0 Å². The molecule has 8 heteroatoms. The molecule has 0 radical (unpaired) electrons. The van der Waals surface area contributed by atoms with Gasteiger partial charge in [-0.1, -0.05) is 60.7 Å². The van der Waals surface area contributed by atoms with Crippen molar-refractivity contribution < 1.29 is 4.79 Å². The Morgan fingerprint density at radius 3 is 2.23 bits per heavy atom. The molecule has 4 rings (SSSR count). The normalized spacial score (nSPS) is 11.0. The van der Waals surface area contributed by atoms with E-state index >= 15 is 0 Å². The summed E-state index contributed by atoms with van der Waals surface area (Å²) in [6, 6.07) is 18.8. The lowest BCUT2D eigenvalue weighted by molar-refractivity contribution is -0.121. The van der Waals surface area contributed by atoms with Gasteiger partial charge in [0.05, 0.1) is 12.1 Å². The highest BCUT2D eigenvalue weighted by atomic mass is 16.2. The topological polar surface area (TPSA) is 90.9 Å². The zero-order valence-electron chi connectivity index (χ0n) is 17.2. The maximum absolute atomic E-state index is 13.2. The predicted molar refractivity (Wildman–Crippen MR) is 118 cm³/mol. The molecule has 8 nitrogen and oxygen atoms in total. The van der Waals surface area contributed by atoms with E-state index in [1.54, 1.807) is 10.9 Å². The van der Waals surface area contributed by atoms with Crippen LogP contribution in [-0.2, 0) is 31.0 Å². The zero-order valence-corrected chi connectivity index (χ0v) is 17.2. The van der Waals surface area contributed by atoms with Crippen LogP contribution in [0.15, 0.2) is 76.4 Å². The number of benzene rings is 2. The number of amides is 1. The molecule has 0 atom stereocenters. The van der Waals surface area contributed by atoms with Crippen molar-refractivity contribution in [2.75, 3.05) is 0 Å². The van der Waals surface area contributed by atoms with Gasteiger partial charge in [0.15, 0.2) is 5.52 Å². The van der Waals surface area contributed by atoms with Crippen molar-refractivity contribution in [3.05, 3.63) is 98.8 Å². The fourth-order valence-electron chi connectivity index (χ4n) is 3.44. The van der Waals surface area contributed by atoms with Gasteiger partial charge in [0.25, 0.3) is 5.56 Å². The number of nitrogens with one attached hydrogen (secondary N) is 1. The van der Waals surface area contributed by atoms with Gasteiger partial charge in [-0.2, -0.15) is 5.10 Å². The second kappa shape index (κ2) is 8.83. The van der Waals surface area contributed by atoms with Crippen LogP contribution < -0.4 is 16.6 Å². The van der Waals surface area contributed by atoms with Gasteiger partial charge in [-0.15, -0.1) is 0 Å². The highest BCUT2D eigenvalue weighted by molar-refractivity contribution is 5.79. The number of carbonyl (C=O) groups excluding carboxylic acids is 1. The van der Waals surface area contributed by atoms with Crippen LogP contribution in [0.25, 0.3) is 11.0 Å². The third-order valence-electron chi connectivity index (χ3n) is 5.08. The Balaban J connectivity index is 1.70. The second-order valence-electron chi connectivity index (χ2n) is 7.23. The summed E-state index contributed by atoms with van der Waals surface area (Å²) in [6.07, 6.45) is 1.63. The van der Waals surface area contributed by atoms with E-state index in [1.807, 2.05) is 67.6 Å². The largest absolute Gasteiger partial charge is 0.350 e. The Morgan fingerprint density at radius 1 is 0.935 bits per heavy atom. The average Bonchev–Trinajstić information content (AvgIpc) is 3.24. The van der Waals surface area contributed by atoms with Crippen LogP contribution in [0.2, 0.25) is 0 Å². The summed E-state index contributed by atoms with van der Waals surface area (Å²) in [5.74, 6) is -0.318. The molecule has 2 aromatic carbocycles. The third kappa shape index (κ3) is 4.32. The molecule has 1 amide bonds. The van der Waals surface area contributed by atoms with Gasteiger partial charge < -0.3 is 5.32 Å². The number of aromatic nitrogens is 4. The van der Waals surface area contributed by atoms with Crippen LogP contribution in [0.3, 0.4) is 0 Å². The van der Waals surface area contributed by atoms with E-state index in [0.717, 1.165) is 15.7 Å². The first kappa shape index (κ1) is 20.3. The molecule has 0 spiro atoms. The van der Waals surface area contributed by atoms with Crippen LogP contribution in [-0.4, -0.2) is 24.8 Å². The number of aryl methyl sites for hydroxylation is 1. The molecule has 0 aliphatic heterocycles. The van der Waals surface area contributed by atoms with Gasteiger partial charge in [-0.05, 0) is 18.1 Å². The van der Waals surface area contributed by atoms with Gasteiger partial charge in [-0.25, -0.2) is 4.79 Å². The van der Waals surface area contributed by atoms with E-state index in [1.165, 1.54) is 4.57 Å². The fraction of sp³-hybridized carbons (Fsp3) is 0.217. The number of nitrogens with zero attached hydrogens (tertiary/aromatic N) is 4. The number of hydrogen-bond acceptors (Lipinski definition) is 4. The molecular formula is C23H23N5O3. The molecule has 0 fully saturated rings. The van der Waals surface area contributed by atoms with E-state index in [-0.39, 0.29) is 24.5 Å². The lowest BCUT2D eigenvalue weighted by atomic mass is 10.2. The molecule has 31 heavy (non-hydrogen) atoms. The summed E-state index contributed by atoms with van der Waals surface area (Å²) in [5.41, 5.74) is 1.31. The highest BCUT2D eigenvalue weighted by Gasteiger charge is 2.18. The van der Waals surface area contributed by atoms with Crippen LogP contribution in [0.1, 0.15) is 18.1 Å². The number of hydrogen-bond donors (Lipinski definition) is 1. The minimum atomic E-state index is -0.535. The molecule has 0 bridgehead atoms. The summed E-state index contributed by atoms with van der Waals surface area (Å²) in [6.45, 7) is 2.70. The number of carbonyl (C=O) groups is 1. The standard InChI is InChI=1S/C23H23N5O3/c1-2-26-15-19-21(25-26)22(30)28(14-18-11-7-4-8-12-18)23(31)27(19)16-20(29)24-13-17-9-5-3-6-10-17/h3-12,15H,2,13-14,16H2,1H3,(H,24,29). The zero-order chi connectivity index (χ0) is 21.8. The summed E-state index contributed by atoms with van der Waals surface area (Å²) in [5, 5.41) is 7.16. The van der Waals surface area contributed by atoms with E-state index in [9.17, 15) is 14.4 Å². The minimum Gasteiger partial charge on any atom is -0.350 e. The Hall–Kier alpha value is -3.94. The van der Waals surface area contributed by atoms with Crippen molar-refractivity contribution in [1.82, 2.24) is 24.2 Å². The summed E-state index contributed by atoms with van der Waals surface area (Å²) in [7, 11) is 0. The number of fused-ring (bicyclic) bond motifs is 1. The lowest BCUT2D eigenvalue weighted by Gasteiger charge is -2.12. The number of rotatable bonds is 7. The molecular weight excluding hydrogens is 394 g/mol. The van der Waals surface area contributed by atoms with Gasteiger partial charge in [0.2, 0.25) is 5.91 Å². The van der Waals surface area contributed by atoms with Crippen LogP contribution in [0.5, 0.6) is 0 Å². The predicted octanol–water partition coefficient (Wildman–Crippen LogP) is 1.74. The van der Waals surface area contributed by atoms with E-state index < -0.39 is 11.2 Å². The van der Waals surface area contributed by atoms with Crippen molar-refractivity contribution >= 4 is 16.9 Å². The first-order valence-electron chi connectivity index (χ1n) is 10.1. The third-order valence-corrected chi connectivity index (χ3v) is 5.08. The summed E-state index contributed by atoms with van der Waals surface area (Å²) in [4.78, 5) is 38.9. The molecule has 0 aliphatic carbocycles. The second-order valence-corrected chi connectivity index (χ2v) is 7.23. The Bertz CT molecular complexity index is 1320. The highest BCUT2D eigenvalue weighted by Crippen LogP contribution is 2.08. The minimum absolute atomic E-state index is 0.110. The molecule has 4 aromatic rings. The maximum Gasteiger partial charge on any atom is 0.332 e. The van der Waals surface area contributed by atoms with Gasteiger partial charge in [0.1, 0.15) is 6.54 Å². The van der Waals surface area contributed by atoms with Gasteiger partial charge in [-0.3, -0.25) is 23.4 Å². The fourth-order valence-corrected chi connectivity index (χ4v) is 3.44. The quantitative estimate of drug-likeness (QED) is 0.496. The van der Waals surface area contributed by atoms with Crippen molar-refractivity contribution in [1.29, 1.82) is 0 Å². The molecule has 0 saturated carbocycles. The first-order valence-corrected chi connectivity index (χ1v) is 10.1. The molecule has 0 unspecified atom stereocenters. The van der Waals surface area contributed by atoms with Gasteiger partial charge in [0, 0.05) is 19.3 Å². The first-order chi connectivity index (χ1) is 15.1. The van der Waals surface area contributed by atoms with Crippen molar-refractivity contribution in [3.63, 3.8) is 0 Å². The van der Waals surface area contributed by atoms with Crippen molar-refractivity contribution in [2.45, 2.75) is 33.1 Å². The van der Waals surface area contributed by atoms with E-state index in [0.29, 0.717) is 18.6 Å². The van der Waals surface area contributed by atoms with Gasteiger partial charge >= 0.3 is 5.69 Å². The maximum atomic E-state index is 13.2. The van der Waals surface area contributed by atoms with Crippen LogP contribution in [0, 0.1) is 0 Å². The van der Waals surface area contributed by atoms with Crippen LogP contribution in [0.4, 0.5) is 0 Å². The smallest absolute Gasteiger partial charge is 0.332 e. The van der Waals surface area contributed by atoms with Crippen LogP contribution >= 0.6 is 0 Å². The average molecular weight is 417 g/mol. The molecule has 0 saturated heterocycles. The Kier molecular flexibility index (Phi) is 5.79. The summed E-state index contributed by atoms with van der Waals surface area (Å²) >= 11 is 0. The SMILES string of the molecule is CCn1cc2c(n1)c(=O)n(Cc1ccccc1)c(=O)n2CC(=O)NCc1ccccc1.